The van der Waals surface area contributed by atoms with Gasteiger partial charge < -0.3 is 10.2 Å². The first-order valence-electron chi connectivity index (χ1n) is 7.19. The number of amides is 2. The van der Waals surface area contributed by atoms with Gasteiger partial charge >= 0.3 is 0 Å². The Kier molecular flexibility index (Phi) is 4.00. The number of aromatic nitrogens is 1. The molecular weight excluding hydrogens is 274 g/mol. The fourth-order valence-electron chi connectivity index (χ4n) is 2.60. The van der Waals surface area contributed by atoms with Gasteiger partial charge in [0.25, 0.3) is 5.91 Å². The number of hydrogen-bond donors (Lipinski definition) is 1. The lowest BCUT2D eigenvalue weighted by Gasteiger charge is -2.32. The maximum absolute atomic E-state index is 11.9. The molecule has 1 N–H and O–H groups in total. The van der Waals surface area contributed by atoms with Gasteiger partial charge in [0.2, 0.25) is 5.91 Å². The molecule has 0 radical (unpaired) electrons. The van der Waals surface area contributed by atoms with Gasteiger partial charge in [0.1, 0.15) is 5.69 Å². The van der Waals surface area contributed by atoms with E-state index in [1.54, 1.807) is 10.9 Å². The Morgan fingerprint density at radius 2 is 2.05 bits per heavy atom. The molecule has 1 aliphatic heterocycles. The molecule has 3 rings (SSSR count). The minimum absolute atomic E-state index is 0.0947. The molecule has 2 heterocycles. The Labute approximate surface area is 122 Å². The Bertz CT molecular complexity index is 477. The number of nitrogens with one attached hydrogen (secondary N) is 1. The molecule has 1 aromatic rings. The van der Waals surface area contributed by atoms with Gasteiger partial charge in [-0.3, -0.25) is 9.59 Å². The number of carbonyl (C=O) groups excluding carboxylic acids is 2. The third-order valence-corrected chi connectivity index (χ3v) is 4.66. The van der Waals surface area contributed by atoms with Crippen LogP contribution in [0.25, 0.3) is 0 Å². The lowest BCUT2D eigenvalue weighted by Crippen LogP contribution is -2.42. The zero-order chi connectivity index (χ0) is 13.9. The van der Waals surface area contributed by atoms with Crippen molar-refractivity contribution in [1.82, 2.24) is 15.2 Å². The highest BCUT2D eigenvalue weighted by Gasteiger charge is 2.34. The molecule has 5 nitrogen and oxygen atoms in total. The second kappa shape index (κ2) is 5.91. The highest BCUT2D eigenvalue weighted by atomic mass is 32.1. The summed E-state index contributed by atoms with van der Waals surface area (Å²) < 4.78 is 0. The second-order valence-corrected chi connectivity index (χ2v) is 6.35. The highest BCUT2D eigenvalue weighted by molar-refractivity contribution is 7.07. The molecule has 1 aromatic heterocycles. The monoisotopic (exact) mass is 293 g/mol. The molecule has 0 bridgehead atoms. The van der Waals surface area contributed by atoms with Crippen molar-refractivity contribution in [3.63, 3.8) is 0 Å². The number of carbonyl (C=O) groups is 2. The Hall–Kier alpha value is -1.43. The third kappa shape index (κ3) is 3.17. The summed E-state index contributed by atoms with van der Waals surface area (Å²) in [7, 11) is 0. The van der Waals surface area contributed by atoms with E-state index in [0.717, 1.165) is 38.8 Å². The van der Waals surface area contributed by atoms with Crippen LogP contribution >= 0.6 is 11.3 Å². The van der Waals surface area contributed by atoms with Crippen molar-refractivity contribution in [2.75, 3.05) is 19.6 Å². The van der Waals surface area contributed by atoms with Crippen molar-refractivity contribution in [2.45, 2.75) is 25.7 Å². The normalized spacial score (nSPS) is 19.9. The largest absolute Gasteiger partial charge is 0.350 e. The van der Waals surface area contributed by atoms with E-state index in [1.807, 2.05) is 4.90 Å². The van der Waals surface area contributed by atoms with Crippen molar-refractivity contribution in [3.8, 4) is 0 Å². The molecule has 2 amide bonds. The average molecular weight is 293 g/mol. The third-order valence-electron chi connectivity index (χ3n) is 4.07. The van der Waals surface area contributed by atoms with Crippen molar-refractivity contribution in [3.05, 3.63) is 16.6 Å². The number of rotatable bonds is 4. The fraction of sp³-hybridized carbons (Fsp3) is 0.643. The van der Waals surface area contributed by atoms with Crippen LogP contribution in [0.1, 0.15) is 36.2 Å². The van der Waals surface area contributed by atoms with Crippen LogP contribution in [-0.2, 0) is 4.79 Å². The average Bonchev–Trinajstić information content (AvgIpc) is 3.19. The van der Waals surface area contributed by atoms with Crippen LogP contribution in [0.5, 0.6) is 0 Å². The summed E-state index contributed by atoms with van der Waals surface area (Å²) in [6.07, 6.45) is 4.11. The quantitative estimate of drug-likeness (QED) is 0.915. The van der Waals surface area contributed by atoms with E-state index >= 15 is 0 Å². The van der Waals surface area contributed by atoms with Crippen molar-refractivity contribution < 1.29 is 9.59 Å². The van der Waals surface area contributed by atoms with Gasteiger partial charge in [0.15, 0.2) is 0 Å². The van der Waals surface area contributed by atoms with Crippen LogP contribution in [0.15, 0.2) is 10.9 Å². The predicted molar refractivity (Wildman–Crippen MR) is 76.5 cm³/mol. The summed E-state index contributed by atoms with van der Waals surface area (Å²) >= 11 is 1.43. The van der Waals surface area contributed by atoms with Crippen LogP contribution < -0.4 is 5.32 Å². The topological polar surface area (TPSA) is 62.3 Å². The molecule has 108 valence electrons. The number of hydrogen-bond acceptors (Lipinski definition) is 4. The second-order valence-electron chi connectivity index (χ2n) is 5.63. The van der Waals surface area contributed by atoms with Gasteiger partial charge in [-0.05, 0) is 31.6 Å². The molecule has 1 saturated heterocycles. The lowest BCUT2D eigenvalue weighted by atomic mass is 9.96. The minimum atomic E-state index is -0.0947. The van der Waals surface area contributed by atoms with Crippen LogP contribution in [0, 0.1) is 11.8 Å². The van der Waals surface area contributed by atoms with Crippen LogP contribution in [-0.4, -0.2) is 41.3 Å². The molecule has 2 aliphatic rings. The van der Waals surface area contributed by atoms with Gasteiger partial charge in [-0.15, -0.1) is 11.3 Å². The Morgan fingerprint density at radius 1 is 1.30 bits per heavy atom. The first kappa shape index (κ1) is 13.5. The van der Waals surface area contributed by atoms with Gasteiger partial charge in [-0.1, -0.05) is 0 Å². The van der Waals surface area contributed by atoms with E-state index in [9.17, 15) is 9.59 Å². The van der Waals surface area contributed by atoms with Gasteiger partial charge in [-0.25, -0.2) is 4.98 Å². The smallest absolute Gasteiger partial charge is 0.270 e. The van der Waals surface area contributed by atoms with E-state index in [0.29, 0.717) is 30.0 Å². The zero-order valence-electron chi connectivity index (χ0n) is 11.4. The highest BCUT2D eigenvalue weighted by Crippen LogP contribution is 2.32. The fourth-order valence-corrected chi connectivity index (χ4v) is 3.13. The molecule has 0 atom stereocenters. The molecule has 0 aromatic carbocycles. The first-order chi connectivity index (χ1) is 9.74. The van der Waals surface area contributed by atoms with E-state index in [-0.39, 0.29) is 5.91 Å². The van der Waals surface area contributed by atoms with Gasteiger partial charge in [0, 0.05) is 30.9 Å². The summed E-state index contributed by atoms with van der Waals surface area (Å²) in [5.74, 6) is 1.04. The molecular formula is C14H19N3O2S. The van der Waals surface area contributed by atoms with E-state index in [2.05, 4.69) is 10.3 Å². The SMILES string of the molecule is O=C(NCC1CCN(C(=O)C2CC2)CC1)c1cscn1. The molecule has 6 heteroatoms. The molecule has 20 heavy (non-hydrogen) atoms. The maximum Gasteiger partial charge on any atom is 0.270 e. The molecule has 1 saturated carbocycles. The Morgan fingerprint density at radius 3 is 2.65 bits per heavy atom. The van der Waals surface area contributed by atoms with Crippen molar-refractivity contribution in [2.24, 2.45) is 11.8 Å². The predicted octanol–water partition coefficient (Wildman–Crippen LogP) is 1.52. The van der Waals surface area contributed by atoms with Crippen LogP contribution in [0.3, 0.4) is 0 Å². The van der Waals surface area contributed by atoms with E-state index in [4.69, 9.17) is 0 Å². The number of piperidine rings is 1. The minimum Gasteiger partial charge on any atom is -0.350 e. The number of thiazole rings is 1. The van der Waals surface area contributed by atoms with Crippen LogP contribution in [0.2, 0.25) is 0 Å². The lowest BCUT2D eigenvalue weighted by molar-refractivity contribution is -0.133. The molecule has 0 unspecified atom stereocenters. The summed E-state index contributed by atoms with van der Waals surface area (Å²) in [4.78, 5) is 29.7. The summed E-state index contributed by atoms with van der Waals surface area (Å²) in [5.41, 5.74) is 2.16. The van der Waals surface area contributed by atoms with Crippen molar-refractivity contribution >= 4 is 23.2 Å². The molecule has 2 fully saturated rings. The standard InChI is InChI=1S/C14H19N3O2S/c18-13(12-8-20-9-16-12)15-7-10-3-5-17(6-4-10)14(19)11-1-2-11/h8-11H,1-7H2,(H,15,18). The molecule has 1 aliphatic carbocycles. The first-order valence-corrected chi connectivity index (χ1v) is 8.13. The maximum atomic E-state index is 11.9. The van der Waals surface area contributed by atoms with Crippen LogP contribution in [0.4, 0.5) is 0 Å². The Balaban J connectivity index is 1.40. The summed E-state index contributed by atoms with van der Waals surface area (Å²) in [6, 6.07) is 0. The van der Waals surface area contributed by atoms with Crippen molar-refractivity contribution in [1.29, 1.82) is 0 Å². The number of nitrogens with zero attached hydrogens (tertiary/aromatic N) is 2. The van der Waals surface area contributed by atoms with E-state index < -0.39 is 0 Å². The zero-order valence-corrected chi connectivity index (χ0v) is 12.2. The van der Waals surface area contributed by atoms with E-state index in [1.165, 1.54) is 11.3 Å². The summed E-state index contributed by atoms with van der Waals surface area (Å²) in [6.45, 7) is 2.36. The molecule has 0 spiro atoms. The van der Waals surface area contributed by atoms with Gasteiger partial charge in [0.05, 0.1) is 5.51 Å². The number of likely N-dealkylation sites (tertiary alicyclic amines) is 1. The summed E-state index contributed by atoms with van der Waals surface area (Å²) in [5, 5.41) is 4.69. The van der Waals surface area contributed by atoms with Gasteiger partial charge in [-0.2, -0.15) is 0 Å².